The molecule has 0 atom stereocenters. The molecule has 0 aliphatic carbocycles. The molecule has 0 fully saturated rings. The van der Waals surface area contributed by atoms with E-state index in [0.29, 0.717) is 10.6 Å². The van der Waals surface area contributed by atoms with Crippen LogP contribution in [0.3, 0.4) is 0 Å². The summed E-state index contributed by atoms with van der Waals surface area (Å²) in [5.74, 6) is 1.80. The molecule has 0 bridgehead atoms. The smallest absolute Gasteiger partial charge is 0.134 e. The number of carbonyl (C=O) groups excluding carboxylic acids is 1. The van der Waals surface area contributed by atoms with E-state index < -0.39 is 0 Å². The van der Waals surface area contributed by atoms with Gasteiger partial charge in [-0.2, -0.15) is 5.10 Å². The van der Waals surface area contributed by atoms with Crippen LogP contribution in [-0.2, 0) is 4.79 Å². The highest BCUT2D eigenvalue weighted by Gasteiger charge is 2.01. The first-order chi connectivity index (χ1) is 5.42. The molecular weight excluding hydrogens is 142 g/mol. The molecule has 0 unspecified atom stereocenters. The van der Waals surface area contributed by atoms with E-state index in [2.05, 4.69) is 16.1 Å². The number of nitrogens with zero attached hydrogens (tertiary/aromatic N) is 1. The molecule has 0 spiro atoms. The van der Waals surface area contributed by atoms with Crippen molar-refractivity contribution in [3.8, 4) is 0 Å². The predicted molar refractivity (Wildman–Crippen MR) is 38.8 cm³/mol. The zero-order valence-electron chi connectivity index (χ0n) is 5.59. The van der Waals surface area contributed by atoms with Crippen molar-refractivity contribution < 1.29 is 4.79 Å². The molecule has 0 radical (unpaired) electrons. The summed E-state index contributed by atoms with van der Waals surface area (Å²) in [4.78, 5) is 10.3. The molecule has 0 saturated carbocycles. The van der Waals surface area contributed by atoms with Crippen molar-refractivity contribution in [3.63, 3.8) is 0 Å². The summed E-state index contributed by atoms with van der Waals surface area (Å²) >= 11 is 0. The minimum atomic E-state index is 0.472. The van der Waals surface area contributed by atoms with E-state index in [1.807, 2.05) is 6.07 Å². The van der Waals surface area contributed by atoms with Crippen molar-refractivity contribution >= 4 is 11.6 Å². The van der Waals surface area contributed by atoms with Crippen LogP contribution in [-0.4, -0.2) is 5.94 Å². The maximum atomic E-state index is 10.3. The van der Waals surface area contributed by atoms with Gasteiger partial charge in [0.2, 0.25) is 0 Å². The largest absolute Gasteiger partial charge is 0.283 e. The van der Waals surface area contributed by atoms with Gasteiger partial charge in [-0.05, 0) is 12.1 Å². The van der Waals surface area contributed by atoms with Crippen molar-refractivity contribution in [2.75, 3.05) is 5.43 Å². The average Bonchev–Trinajstić information content (AvgIpc) is 2.50. The number of anilines is 1. The number of para-hydroxylation sites is 1. The normalized spacial score (nSPS) is 12.0. The first-order valence-corrected chi connectivity index (χ1v) is 3.15. The number of hydrogen-bond acceptors (Lipinski definition) is 4. The molecule has 0 saturated heterocycles. The highest BCUT2D eigenvalue weighted by molar-refractivity contribution is 5.52. The number of rotatable bonds is 0. The second-order valence-electron chi connectivity index (χ2n) is 2.15. The topological polar surface area (TPSA) is 53.5 Å². The summed E-state index contributed by atoms with van der Waals surface area (Å²) in [7, 11) is 0. The Kier molecular flexibility index (Phi) is 1.14. The van der Waals surface area contributed by atoms with Gasteiger partial charge >= 0.3 is 0 Å². The summed E-state index contributed by atoms with van der Waals surface area (Å²) in [6.07, 6.45) is 0. The maximum Gasteiger partial charge on any atom is 0.134 e. The second kappa shape index (κ2) is 2.11. The molecule has 54 valence electrons. The molecule has 4 heteroatoms. The Morgan fingerprint density at radius 1 is 1.45 bits per heavy atom. The van der Waals surface area contributed by atoms with Crippen LogP contribution in [0.15, 0.2) is 23.3 Å². The Labute approximate surface area is 62.2 Å². The van der Waals surface area contributed by atoms with E-state index >= 15 is 0 Å². The third-order valence-corrected chi connectivity index (χ3v) is 1.50. The first kappa shape index (κ1) is 5.95. The lowest BCUT2D eigenvalue weighted by Crippen LogP contribution is -2.24. The number of hydrazine groups is 1. The SMILES string of the molecule is O=C=c1cccc2c1=NNN2. The van der Waals surface area contributed by atoms with Crippen molar-refractivity contribution in [2.45, 2.75) is 0 Å². The Morgan fingerprint density at radius 3 is 3.18 bits per heavy atom. The number of fused-ring (bicyclic) bond motifs is 1. The second-order valence-corrected chi connectivity index (χ2v) is 2.15. The molecule has 1 heterocycles. The highest BCUT2D eigenvalue weighted by atomic mass is 16.1. The molecular formula is C7H5N3O. The summed E-state index contributed by atoms with van der Waals surface area (Å²) in [6, 6.07) is 5.28. The van der Waals surface area contributed by atoms with Gasteiger partial charge in [-0.15, -0.1) is 0 Å². The standard InChI is InChI=1S/C7H5N3O/c11-4-5-2-1-3-6-7(5)9-10-8-6/h1-3,8,10H. The molecule has 2 N–H and O–H groups in total. The summed E-state index contributed by atoms with van der Waals surface area (Å²) in [5.41, 5.74) is 6.15. The molecule has 0 amide bonds. The minimum absolute atomic E-state index is 0.472. The number of benzene rings is 1. The van der Waals surface area contributed by atoms with Gasteiger partial charge in [-0.3, -0.25) is 5.43 Å². The van der Waals surface area contributed by atoms with E-state index in [0.717, 1.165) is 5.69 Å². The maximum absolute atomic E-state index is 10.3. The highest BCUT2D eigenvalue weighted by Crippen LogP contribution is 1.95. The Bertz CT molecular complexity index is 420. The van der Waals surface area contributed by atoms with Crippen molar-refractivity contribution in [2.24, 2.45) is 5.10 Å². The van der Waals surface area contributed by atoms with Crippen LogP contribution in [0, 0.1) is 0 Å². The van der Waals surface area contributed by atoms with E-state index in [4.69, 9.17) is 0 Å². The summed E-state index contributed by atoms with van der Waals surface area (Å²) in [6.45, 7) is 0. The molecule has 0 aromatic heterocycles. The summed E-state index contributed by atoms with van der Waals surface area (Å²) in [5, 5.41) is 4.95. The first-order valence-electron chi connectivity index (χ1n) is 3.15. The molecule has 2 rings (SSSR count). The lowest BCUT2D eigenvalue weighted by Gasteiger charge is -1.91. The lowest BCUT2D eigenvalue weighted by atomic mass is 10.2. The van der Waals surface area contributed by atoms with Crippen molar-refractivity contribution in [1.82, 2.24) is 5.53 Å². The minimum Gasteiger partial charge on any atom is -0.283 e. The van der Waals surface area contributed by atoms with Crippen molar-refractivity contribution in [3.05, 3.63) is 28.8 Å². The molecule has 1 aliphatic rings. The fourth-order valence-corrected chi connectivity index (χ4v) is 0.991. The fraction of sp³-hybridized carbons (Fsp3) is 0. The van der Waals surface area contributed by atoms with Crippen LogP contribution < -0.4 is 21.5 Å². The van der Waals surface area contributed by atoms with E-state index in [-0.39, 0.29) is 0 Å². The van der Waals surface area contributed by atoms with Crippen LogP contribution in [0.5, 0.6) is 0 Å². The van der Waals surface area contributed by atoms with Gasteiger partial charge in [-0.25, -0.2) is 10.3 Å². The Hall–Kier alpha value is -1.80. The van der Waals surface area contributed by atoms with Gasteiger partial charge in [-0.1, -0.05) is 6.07 Å². The van der Waals surface area contributed by atoms with Crippen LogP contribution in [0.4, 0.5) is 5.69 Å². The predicted octanol–water partition coefficient (Wildman–Crippen LogP) is -1.35. The van der Waals surface area contributed by atoms with Gasteiger partial charge < -0.3 is 0 Å². The zero-order chi connectivity index (χ0) is 7.68. The molecule has 1 aromatic carbocycles. The average molecular weight is 147 g/mol. The number of nitrogens with one attached hydrogen (secondary N) is 2. The van der Waals surface area contributed by atoms with Gasteiger partial charge in [0.1, 0.15) is 11.3 Å². The fourth-order valence-electron chi connectivity index (χ4n) is 0.991. The molecule has 4 nitrogen and oxygen atoms in total. The zero-order valence-corrected chi connectivity index (χ0v) is 5.59. The van der Waals surface area contributed by atoms with E-state index in [1.165, 1.54) is 0 Å². The van der Waals surface area contributed by atoms with Crippen LogP contribution in [0.1, 0.15) is 0 Å². The van der Waals surface area contributed by atoms with Gasteiger partial charge in [0.05, 0.1) is 10.9 Å². The third-order valence-electron chi connectivity index (χ3n) is 1.50. The number of hydrogen-bond donors (Lipinski definition) is 2. The lowest BCUT2D eigenvalue weighted by molar-refractivity contribution is 0.567. The third kappa shape index (κ3) is 0.772. The van der Waals surface area contributed by atoms with Gasteiger partial charge in [0, 0.05) is 0 Å². The molecule has 1 aliphatic heterocycles. The van der Waals surface area contributed by atoms with E-state index in [9.17, 15) is 4.79 Å². The Morgan fingerprint density at radius 2 is 2.36 bits per heavy atom. The van der Waals surface area contributed by atoms with Crippen molar-refractivity contribution in [1.29, 1.82) is 0 Å². The van der Waals surface area contributed by atoms with Crippen LogP contribution >= 0.6 is 0 Å². The monoisotopic (exact) mass is 147 g/mol. The summed E-state index contributed by atoms with van der Waals surface area (Å²) < 4.78 is 0. The van der Waals surface area contributed by atoms with Gasteiger partial charge in [0.15, 0.2) is 0 Å². The van der Waals surface area contributed by atoms with Crippen LogP contribution in [0.2, 0.25) is 0 Å². The van der Waals surface area contributed by atoms with Gasteiger partial charge in [0.25, 0.3) is 0 Å². The van der Waals surface area contributed by atoms with Crippen LogP contribution in [0.25, 0.3) is 0 Å². The molecule has 1 aromatic rings. The quantitative estimate of drug-likeness (QED) is 0.477. The molecule has 11 heavy (non-hydrogen) atoms. The van der Waals surface area contributed by atoms with E-state index in [1.54, 1.807) is 18.1 Å². The Balaban J connectivity index is 2.98.